The van der Waals surface area contributed by atoms with Crippen molar-refractivity contribution in [3.8, 4) is 0 Å². The molecule has 3 rings (SSSR count). The Bertz CT molecular complexity index is 541. The Labute approximate surface area is 120 Å². The fourth-order valence-electron chi connectivity index (χ4n) is 3.28. The van der Waals surface area contributed by atoms with Crippen LogP contribution in [0.5, 0.6) is 0 Å². The summed E-state index contributed by atoms with van der Waals surface area (Å²) in [5.41, 5.74) is 1.38. The average Bonchev–Trinajstić information content (AvgIpc) is 2.98. The minimum Gasteiger partial charge on any atom is -0.317 e. The molecule has 0 saturated carbocycles. The van der Waals surface area contributed by atoms with E-state index in [2.05, 4.69) is 57.3 Å². The van der Waals surface area contributed by atoms with Gasteiger partial charge in [0.15, 0.2) is 0 Å². The molecule has 1 aliphatic rings. The van der Waals surface area contributed by atoms with Gasteiger partial charge in [-0.15, -0.1) is 10.2 Å². The number of hydrogen-bond acceptors (Lipinski definition) is 3. The second kappa shape index (κ2) is 5.75. The van der Waals surface area contributed by atoms with Crippen LogP contribution in [0.1, 0.15) is 37.6 Å². The largest absolute Gasteiger partial charge is 0.317 e. The Kier molecular flexibility index (Phi) is 3.83. The highest BCUT2D eigenvalue weighted by Crippen LogP contribution is 2.38. The quantitative estimate of drug-likeness (QED) is 0.927. The van der Waals surface area contributed by atoms with Crippen LogP contribution in [0.15, 0.2) is 36.7 Å². The van der Waals surface area contributed by atoms with Gasteiger partial charge in [-0.05, 0) is 37.9 Å². The topological polar surface area (TPSA) is 42.7 Å². The molecule has 0 radical (unpaired) electrons. The summed E-state index contributed by atoms with van der Waals surface area (Å²) in [5, 5.41) is 12.1. The van der Waals surface area contributed by atoms with Crippen LogP contribution >= 0.6 is 0 Å². The molecule has 20 heavy (non-hydrogen) atoms. The van der Waals surface area contributed by atoms with Gasteiger partial charge in [0.25, 0.3) is 0 Å². The zero-order valence-electron chi connectivity index (χ0n) is 12.0. The van der Waals surface area contributed by atoms with E-state index in [-0.39, 0.29) is 5.41 Å². The third kappa shape index (κ3) is 2.24. The van der Waals surface area contributed by atoms with E-state index in [1.807, 2.05) is 6.33 Å². The van der Waals surface area contributed by atoms with E-state index in [1.54, 1.807) is 0 Å². The molecule has 2 aromatic rings. The van der Waals surface area contributed by atoms with Gasteiger partial charge in [0.2, 0.25) is 0 Å². The first-order chi connectivity index (χ1) is 9.87. The summed E-state index contributed by atoms with van der Waals surface area (Å²) < 4.78 is 2.23. The predicted octanol–water partition coefficient (Wildman–Crippen LogP) is 2.36. The molecule has 106 valence electrons. The lowest BCUT2D eigenvalue weighted by atomic mass is 9.72. The summed E-state index contributed by atoms with van der Waals surface area (Å²) in [7, 11) is 0. The normalized spacial score (nSPS) is 18.1. The Morgan fingerprint density at radius 3 is 2.65 bits per heavy atom. The van der Waals surface area contributed by atoms with Gasteiger partial charge in [-0.1, -0.05) is 37.3 Å². The number of aromatic nitrogens is 3. The molecule has 0 bridgehead atoms. The second-order valence-corrected chi connectivity index (χ2v) is 5.55. The molecular formula is C16H22N4. The van der Waals surface area contributed by atoms with Crippen molar-refractivity contribution in [2.75, 3.05) is 13.1 Å². The first-order valence-electron chi connectivity index (χ1n) is 7.51. The zero-order valence-corrected chi connectivity index (χ0v) is 12.0. The van der Waals surface area contributed by atoms with Crippen molar-refractivity contribution in [1.82, 2.24) is 20.1 Å². The van der Waals surface area contributed by atoms with Gasteiger partial charge in [-0.25, -0.2) is 0 Å². The minimum absolute atomic E-state index is 0.0121. The summed E-state index contributed by atoms with van der Waals surface area (Å²) in [5.74, 6) is 1.13. The van der Waals surface area contributed by atoms with E-state index in [9.17, 15) is 0 Å². The summed E-state index contributed by atoms with van der Waals surface area (Å²) in [6.45, 7) is 5.26. The molecule has 1 aliphatic heterocycles. The van der Waals surface area contributed by atoms with Gasteiger partial charge in [0.1, 0.15) is 12.2 Å². The smallest absolute Gasteiger partial charge is 0.143 e. The van der Waals surface area contributed by atoms with Gasteiger partial charge < -0.3 is 9.88 Å². The Hall–Kier alpha value is -1.68. The number of benzene rings is 1. The lowest BCUT2D eigenvalue weighted by molar-refractivity contribution is 0.333. The van der Waals surface area contributed by atoms with E-state index >= 15 is 0 Å². The molecule has 1 saturated heterocycles. The van der Waals surface area contributed by atoms with Crippen LogP contribution in [-0.2, 0) is 12.0 Å². The van der Waals surface area contributed by atoms with E-state index in [0.29, 0.717) is 0 Å². The summed E-state index contributed by atoms with van der Waals surface area (Å²) in [4.78, 5) is 0. The lowest BCUT2D eigenvalue weighted by Gasteiger charge is -2.37. The summed E-state index contributed by atoms with van der Waals surface area (Å²) in [6.07, 6.45) is 5.15. The molecule has 1 aromatic carbocycles. The maximum Gasteiger partial charge on any atom is 0.143 e. The van der Waals surface area contributed by atoms with Crippen LogP contribution in [0.25, 0.3) is 0 Å². The number of nitrogens with one attached hydrogen (secondary N) is 1. The van der Waals surface area contributed by atoms with Crippen molar-refractivity contribution in [3.63, 3.8) is 0 Å². The van der Waals surface area contributed by atoms with Crippen LogP contribution < -0.4 is 5.32 Å². The van der Waals surface area contributed by atoms with Gasteiger partial charge in [-0.2, -0.15) is 0 Å². The fraction of sp³-hybridized carbons (Fsp3) is 0.500. The highest BCUT2D eigenvalue weighted by Gasteiger charge is 2.39. The molecule has 1 aromatic heterocycles. The Morgan fingerprint density at radius 1 is 1.20 bits per heavy atom. The van der Waals surface area contributed by atoms with Crippen LogP contribution in [0, 0.1) is 0 Å². The van der Waals surface area contributed by atoms with Gasteiger partial charge >= 0.3 is 0 Å². The Balaban J connectivity index is 2.08. The van der Waals surface area contributed by atoms with Crippen LogP contribution in [0.3, 0.4) is 0 Å². The van der Waals surface area contributed by atoms with Gasteiger partial charge in [0, 0.05) is 6.54 Å². The number of hydrogen-bond donors (Lipinski definition) is 1. The number of aryl methyl sites for hydroxylation is 1. The van der Waals surface area contributed by atoms with Crippen molar-refractivity contribution >= 4 is 0 Å². The average molecular weight is 270 g/mol. The second-order valence-electron chi connectivity index (χ2n) is 5.55. The highest BCUT2D eigenvalue weighted by atomic mass is 15.3. The molecular weight excluding hydrogens is 248 g/mol. The van der Waals surface area contributed by atoms with Crippen LogP contribution in [0.4, 0.5) is 0 Å². The molecule has 0 aliphatic carbocycles. The highest BCUT2D eigenvalue weighted by molar-refractivity contribution is 5.34. The first kappa shape index (κ1) is 13.3. The van der Waals surface area contributed by atoms with E-state index in [1.165, 1.54) is 5.56 Å². The van der Waals surface area contributed by atoms with Gasteiger partial charge in [0.05, 0.1) is 5.41 Å². The first-order valence-corrected chi connectivity index (χ1v) is 7.51. The SMILES string of the molecule is CCCn1cnnc1C1(c2ccccc2)CCNCC1. The molecule has 1 fully saturated rings. The molecule has 2 heterocycles. The summed E-state index contributed by atoms with van der Waals surface area (Å²) in [6, 6.07) is 10.8. The van der Waals surface area contributed by atoms with Crippen molar-refractivity contribution in [1.29, 1.82) is 0 Å². The minimum atomic E-state index is 0.0121. The maximum absolute atomic E-state index is 4.49. The van der Waals surface area contributed by atoms with E-state index < -0.39 is 0 Å². The predicted molar refractivity (Wildman–Crippen MR) is 79.6 cm³/mol. The Morgan fingerprint density at radius 2 is 1.95 bits per heavy atom. The third-order valence-electron chi connectivity index (χ3n) is 4.29. The van der Waals surface area contributed by atoms with Crippen molar-refractivity contribution in [2.24, 2.45) is 0 Å². The van der Waals surface area contributed by atoms with Crippen LogP contribution in [-0.4, -0.2) is 27.9 Å². The van der Waals surface area contributed by atoms with E-state index in [4.69, 9.17) is 0 Å². The molecule has 4 nitrogen and oxygen atoms in total. The van der Waals surface area contributed by atoms with Gasteiger partial charge in [-0.3, -0.25) is 0 Å². The van der Waals surface area contributed by atoms with Crippen molar-refractivity contribution in [2.45, 2.75) is 38.1 Å². The molecule has 0 atom stereocenters. The molecule has 0 amide bonds. The third-order valence-corrected chi connectivity index (χ3v) is 4.29. The summed E-state index contributed by atoms with van der Waals surface area (Å²) >= 11 is 0. The zero-order chi connectivity index (χ0) is 13.8. The molecule has 1 N–H and O–H groups in total. The maximum atomic E-state index is 4.49. The fourth-order valence-corrected chi connectivity index (χ4v) is 3.28. The molecule has 0 unspecified atom stereocenters. The molecule has 0 spiro atoms. The number of piperidine rings is 1. The lowest BCUT2D eigenvalue weighted by Crippen LogP contribution is -2.42. The standard InChI is InChI=1S/C16H22N4/c1-2-12-20-13-18-19-15(20)16(8-10-17-11-9-16)14-6-4-3-5-7-14/h3-7,13,17H,2,8-12H2,1H3. The monoisotopic (exact) mass is 270 g/mol. The number of nitrogens with zero attached hydrogens (tertiary/aromatic N) is 3. The molecule has 4 heteroatoms. The van der Waals surface area contributed by atoms with Crippen molar-refractivity contribution < 1.29 is 0 Å². The van der Waals surface area contributed by atoms with E-state index in [0.717, 1.165) is 44.7 Å². The number of rotatable bonds is 4. The van der Waals surface area contributed by atoms with Crippen molar-refractivity contribution in [3.05, 3.63) is 48.0 Å². The van der Waals surface area contributed by atoms with Crippen LogP contribution in [0.2, 0.25) is 0 Å².